The molecule has 0 heterocycles. The Hall–Kier alpha value is -1.88. The van der Waals surface area contributed by atoms with Crippen molar-refractivity contribution < 1.29 is 19.4 Å². The van der Waals surface area contributed by atoms with Crippen molar-refractivity contribution in [3.63, 3.8) is 0 Å². The summed E-state index contributed by atoms with van der Waals surface area (Å²) in [5.41, 5.74) is 0.602. The molecule has 0 spiro atoms. The lowest BCUT2D eigenvalue weighted by Crippen LogP contribution is -2.37. The molecule has 5 nitrogen and oxygen atoms in total. The van der Waals surface area contributed by atoms with Crippen molar-refractivity contribution in [3.8, 4) is 0 Å². The first-order valence-electron chi connectivity index (χ1n) is 5.71. The van der Waals surface area contributed by atoms with Gasteiger partial charge >= 0.3 is 5.97 Å². The summed E-state index contributed by atoms with van der Waals surface area (Å²) in [5, 5.41) is 11.6. The third-order valence-electron chi connectivity index (χ3n) is 2.59. The minimum Gasteiger partial charge on any atom is -0.478 e. The van der Waals surface area contributed by atoms with Crippen molar-refractivity contribution in [2.75, 3.05) is 13.7 Å². The lowest BCUT2D eigenvalue weighted by molar-refractivity contribution is 0.0696. The van der Waals surface area contributed by atoms with Gasteiger partial charge in [-0.25, -0.2) is 4.79 Å². The Morgan fingerprint density at radius 1 is 1.28 bits per heavy atom. The molecule has 1 amide bonds. The molecule has 0 radical (unpaired) electrons. The number of nitrogens with one attached hydrogen (secondary N) is 1. The number of carbonyl (C=O) groups excluding carboxylic acids is 1. The normalized spacial score (nSPS) is 11.9. The van der Waals surface area contributed by atoms with Crippen LogP contribution in [0.25, 0.3) is 0 Å². The first-order valence-corrected chi connectivity index (χ1v) is 5.71. The fraction of sp³-hybridized carbons (Fsp3) is 0.385. The first kappa shape index (κ1) is 14.2. The van der Waals surface area contributed by atoms with Crippen LogP contribution in [0.3, 0.4) is 0 Å². The van der Waals surface area contributed by atoms with Crippen molar-refractivity contribution in [1.29, 1.82) is 0 Å². The van der Waals surface area contributed by atoms with E-state index in [0.717, 1.165) is 6.42 Å². The summed E-state index contributed by atoms with van der Waals surface area (Å²) >= 11 is 0. The molecule has 0 aliphatic heterocycles. The van der Waals surface area contributed by atoms with Gasteiger partial charge in [0, 0.05) is 12.7 Å². The Morgan fingerprint density at radius 3 is 2.28 bits per heavy atom. The van der Waals surface area contributed by atoms with Gasteiger partial charge in [-0.15, -0.1) is 0 Å². The van der Waals surface area contributed by atoms with E-state index in [-0.39, 0.29) is 17.5 Å². The van der Waals surface area contributed by atoms with E-state index in [1.54, 1.807) is 7.11 Å². The van der Waals surface area contributed by atoms with Gasteiger partial charge in [0.1, 0.15) is 0 Å². The maximum atomic E-state index is 11.9. The number of methoxy groups -OCH3 is 1. The van der Waals surface area contributed by atoms with Crippen LogP contribution in [0.2, 0.25) is 0 Å². The predicted octanol–water partition coefficient (Wildman–Crippen LogP) is 1.54. The highest BCUT2D eigenvalue weighted by Crippen LogP contribution is 2.05. The maximum Gasteiger partial charge on any atom is 0.335 e. The second-order valence-electron chi connectivity index (χ2n) is 3.92. The number of benzene rings is 1. The van der Waals surface area contributed by atoms with Crippen LogP contribution in [0.15, 0.2) is 24.3 Å². The molecule has 0 fully saturated rings. The van der Waals surface area contributed by atoms with Gasteiger partial charge in [0.05, 0.1) is 18.2 Å². The Morgan fingerprint density at radius 2 is 1.83 bits per heavy atom. The second-order valence-corrected chi connectivity index (χ2v) is 3.92. The number of carbonyl (C=O) groups is 2. The Balaban J connectivity index is 2.69. The van der Waals surface area contributed by atoms with E-state index in [4.69, 9.17) is 9.84 Å². The number of carboxylic acid groups (broad SMARTS) is 1. The van der Waals surface area contributed by atoms with Crippen molar-refractivity contribution in [2.24, 2.45) is 0 Å². The summed E-state index contributed by atoms with van der Waals surface area (Å²) in [7, 11) is 1.58. The third kappa shape index (κ3) is 3.85. The zero-order chi connectivity index (χ0) is 13.5. The van der Waals surface area contributed by atoms with Gasteiger partial charge < -0.3 is 15.2 Å². The van der Waals surface area contributed by atoms with Gasteiger partial charge in [-0.2, -0.15) is 0 Å². The number of rotatable bonds is 6. The lowest BCUT2D eigenvalue weighted by Gasteiger charge is -2.15. The average Bonchev–Trinajstić information content (AvgIpc) is 2.38. The van der Waals surface area contributed by atoms with Crippen LogP contribution in [-0.2, 0) is 4.74 Å². The number of carboxylic acids is 1. The summed E-state index contributed by atoms with van der Waals surface area (Å²) in [5.74, 6) is -1.23. The van der Waals surface area contributed by atoms with E-state index in [1.165, 1.54) is 24.3 Å². The van der Waals surface area contributed by atoms with E-state index in [0.29, 0.717) is 12.2 Å². The average molecular weight is 251 g/mol. The molecule has 5 heteroatoms. The van der Waals surface area contributed by atoms with Crippen LogP contribution in [0.5, 0.6) is 0 Å². The minimum atomic E-state index is -1.01. The van der Waals surface area contributed by atoms with Gasteiger partial charge in [-0.1, -0.05) is 6.92 Å². The molecule has 0 saturated heterocycles. The fourth-order valence-corrected chi connectivity index (χ4v) is 1.50. The summed E-state index contributed by atoms with van der Waals surface area (Å²) in [6, 6.07) is 5.78. The minimum absolute atomic E-state index is 0.0401. The number of hydrogen-bond donors (Lipinski definition) is 2. The molecular weight excluding hydrogens is 234 g/mol. The molecule has 0 saturated carbocycles. The highest BCUT2D eigenvalue weighted by Gasteiger charge is 2.12. The zero-order valence-corrected chi connectivity index (χ0v) is 10.5. The van der Waals surface area contributed by atoms with E-state index < -0.39 is 5.97 Å². The standard InChI is InChI=1S/C13H17NO4/c1-3-11(8-18-2)14-12(15)9-4-6-10(7-5-9)13(16)17/h4-7,11H,3,8H2,1-2H3,(H,14,15)(H,16,17). The molecule has 98 valence electrons. The summed E-state index contributed by atoms with van der Waals surface area (Å²) in [6.07, 6.45) is 0.771. The molecule has 0 bridgehead atoms. The van der Waals surface area contributed by atoms with E-state index >= 15 is 0 Å². The molecule has 1 unspecified atom stereocenters. The first-order chi connectivity index (χ1) is 8.58. The number of amides is 1. The molecule has 1 aromatic carbocycles. The zero-order valence-electron chi connectivity index (χ0n) is 10.5. The summed E-state index contributed by atoms with van der Waals surface area (Å²) < 4.78 is 4.99. The van der Waals surface area contributed by atoms with Gasteiger partial charge in [0.25, 0.3) is 5.91 Å². The molecule has 1 aromatic rings. The van der Waals surface area contributed by atoms with Crippen LogP contribution in [-0.4, -0.2) is 36.7 Å². The van der Waals surface area contributed by atoms with Gasteiger partial charge in [0.2, 0.25) is 0 Å². The Labute approximate surface area is 106 Å². The predicted molar refractivity (Wildman–Crippen MR) is 66.8 cm³/mol. The van der Waals surface area contributed by atoms with E-state index in [9.17, 15) is 9.59 Å². The smallest absolute Gasteiger partial charge is 0.335 e. The highest BCUT2D eigenvalue weighted by molar-refractivity contribution is 5.96. The molecule has 1 atom stereocenters. The monoisotopic (exact) mass is 251 g/mol. The second kappa shape index (κ2) is 6.76. The topological polar surface area (TPSA) is 75.6 Å². The Kier molecular flexibility index (Phi) is 5.32. The molecule has 18 heavy (non-hydrogen) atoms. The van der Waals surface area contributed by atoms with Crippen molar-refractivity contribution in [1.82, 2.24) is 5.32 Å². The fourth-order valence-electron chi connectivity index (χ4n) is 1.50. The number of ether oxygens (including phenoxy) is 1. The van der Waals surface area contributed by atoms with E-state index in [2.05, 4.69) is 5.32 Å². The van der Waals surface area contributed by atoms with Crippen LogP contribution in [0, 0.1) is 0 Å². The highest BCUT2D eigenvalue weighted by atomic mass is 16.5. The quantitative estimate of drug-likeness (QED) is 0.804. The Bertz CT molecular complexity index is 414. The summed E-state index contributed by atoms with van der Waals surface area (Å²) in [4.78, 5) is 22.5. The van der Waals surface area contributed by atoms with Gasteiger partial charge in [-0.05, 0) is 30.7 Å². The van der Waals surface area contributed by atoms with Crippen LogP contribution < -0.4 is 5.32 Å². The van der Waals surface area contributed by atoms with Crippen LogP contribution in [0.4, 0.5) is 0 Å². The lowest BCUT2D eigenvalue weighted by atomic mass is 10.1. The molecule has 1 rings (SSSR count). The van der Waals surface area contributed by atoms with E-state index in [1.807, 2.05) is 6.92 Å². The van der Waals surface area contributed by atoms with Crippen molar-refractivity contribution in [3.05, 3.63) is 35.4 Å². The summed E-state index contributed by atoms with van der Waals surface area (Å²) in [6.45, 7) is 2.41. The number of hydrogen-bond acceptors (Lipinski definition) is 3. The molecule has 2 N–H and O–H groups in total. The van der Waals surface area contributed by atoms with Gasteiger partial charge in [0.15, 0.2) is 0 Å². The molecule has 0 aliphatic rings. The molecular formula is C13H17NO4. The van der Waals surface area contributed by atoms with Crippen LogP contribution >= 0.6 is 0 Å². The maximum absolute atomic E-state index is 11.9. The third-order valence-corrected chi connectivity index (χ3v) is 2.59. The van der Waals surface area contributed by atoms with Crippen molar-refractivity contribution in [2.45, 2.75) is 19.4 Å². The van der Waals surface area contributed by atoms with Gasteiger partial charge in [-0.3, -0.25) is 4.79 Å². The van der Waals surface area contributed by atoms with Crippen LogP contribution in [0.1, 0.15) is 34.1 Å². The molecule has 0 aromatic heterocycles. The number of aromatic carboxylic acids is 1. The SMILES string of the molecule is CCC(COC)NC(=O)c1ccc(C(=O)O)cc1. The van der Waals surface area contributed by atoms with Crippen molar-refractivity contribution >= 4 is 11.9 Å². The largest absolute Gasteiger partial charge is 0.478 e. The molecule has 0 aliphatic carbocycles.